The van der Waals surface area contributed by atoms with Crippen LogP contribution in [0.15, 0.2) is 12.2 Å². The largest absolute Gasteiger partial charge is 0.463 e. The van der Waals surface area contributed by atoms with Gasteiger partial charge in [-0.2, -0.15) is 0 Å². The predicted octanol–water partition coefficient (Wildman–Crippen LogP) is 5.76. The number of fused-ring (bicyclic) bond motifs is 5. The van der Waals surface area contributed by atoms with Crippen molar-refractivity contribution in [1.29, 1.82) is 0 Å². The number of carbonyl (C=O) groups is 1. The van der Waals surface area contributed by atoms with Gasteiger partial charge < -0.3 is 4.74 Å². The SMILES string of the molecule is CC(=O)OC(C)[C@H]1CC[C@H]2[C@@H]3CC[C@H]4CC=CC[C@]4(C)[C@H]3CC[C@]12C. The monoisotopic (exact) mass is 344 g/mol. The van der Waals surface area contributed by atoms with Gasteiger partial charge in [-0.05, 0) is 92.8 Å². The highest BCUT2D eigenvalue weighted by Gasteiger charge is 2.60. The van der Waals surface area contributed by atoms with Gasteiger partial charge in [-0.1, -0.05) is 26.0 Å². The Labute approximate surface area is 153 Å². The second-order valence-corrected chi connectivity index (χ2v) is 10.1. The Balaban J connectivity index is 1.57. The molecule has 140 valence electrons. The molecule has 2 nitrogen and oxygen atoms in total. The third-order valence-corrected chi connectivity index (χ3v) is 9.20. The van der Waals surface area contributed by atoms with Crippen molar-refractivity contribution in [2.75, 3.05) is 0 Å². The molecule has 4 aliphatic carbocycles. The molecule has 2 heteroatoms. The van der Waals surface area contributed by atoms with E-state index in [1.165, 1.54) is 51.4 Å². The van der Waals surface area contributed by atoms with Gasteiger partial charge in [0.15, 0.2) is 0 Å². The molecule has 4 rings (SSSR count). The maximum Gasteiger partial charge on any atom is 0.302 e. The highest BCUT2D eigenvalue weighted by atomic mass is 16.5. The summed E-state index contributed by atoms with van der Waals surface area (Å²) in [6, 6.07) is 0. The minimum Gasteiger partial charge on any atom is -0.463 e. The fourth-order valence-electron chi connectivity index (χ4n) is 7.99. The number of carbonyl (C=O) groups excluding carboxylic acids is 1. The van der Waals surface area contributed by atoms with E-state index in [2.05, 4.69) is 32.9 Å². The Bertz CT molecular complexity index is 566. The fraction of sp³-hybridized carbons (Fsp3) is 0.870. The first-order chi connectivity index (χ1) is 11.9. The maximum absolute atomic E-state index is 11.5. The van der Waals surface area contributed by atoms with Gasteiger partial charge in [0.25, 0.3) is 0 Å². The van der Waals surface area contributed by atoms with Crippen molar-refractivity contribution in [2.24, 2.45) is 40.4 Å². The van der Waals surface area contributed by atoms with Crippen molar-refractivity contribution in [3.05, 3.63) is 12.2 Å². The maximum atomic E-state index is 11.5. The molecule has 0 saturated heterocycles. The summed E-state index contributed by atoms with van der Waals surface area (Å²) in [6.07, 6.45) is 15.8. The number of esters is 1. The Hall–Kier alpha value is -0.790. The first kappa shape index (κ1) is 17.6. The van der Waals surface area contributed by atoms with Crippen LogP contribution in [0.5, 0.6) is 0 Å². The van der Waals surface area contributed by atoms with Gasteiger partial charge in [-0.25, -0.2) is 0 Å². The highest BCUT2D eigenvalue weighted by molar-refractivity contribution is 5.66. The first-order valence-corrected chi connectivity index (χ1v) is 10.7. The summed E-state index contributed by atoms with van der Waals surface area (Å²) in [5.74, 6) is 4.02. The van der Waals surface area contributed by atoms with Crippen molar-refractivity contribution in [1.82, 2.24) is 0 Å². The van der Waals surface area contributed by atoms with Gasteiger partial charge in [0.2, 0.25) is 0 Å². The average Bonchev–Trinajstić information content (AvgIpc) is 2.91. The van der Waals surface area contributed by atoms with E-state index in [0.29, 0.717) is 16.7 Å². The zero-order valence-electron chi connectivity index (χ0n) is 16.6. The van der Waals surface area contributed by atoms with E-state index in [-0.39, 0.29) is 12.1 Å². The number of hydrogen-bond donors (Lipinski definition) is 0. The van der Waals surface area contributed by atoms with Gasteiger partial charge in [-0.15, -0.1) is 0 Å². The third-order valence-electron chi connectivity index (χ3n) is 9.20. The molecule has 0 aromatic heterocycles. The van der Waals surface area contributed by atoms with Crippen LogP contribution in [0.4, 0.5) is 0 Å². The van der Waals surface area contributed by atoms with Crippen LogP contribution in [0, 0.1) is 40.4 Å². The van der Waals surface area contributed by atoms with Gasteiger partial charge in [0.1, 0.15) is 6.10 Å². The quantitative estimate of drug-likeness (QED) is 0.470. The average molecular weight is 345 g/mol. The summed E-state index contributed by atoms with van der Waals surface area (Å²) < 4.78 is 5.64. The molecule has 0 radical (unpaired) electrons. The Morgan fingerprint density at radius 3 is 2.56 bits per heavy atom. The summed E-state index contributed by atoms with van der Waals surface area (Å²) in [5.41, 5.74) is 0.919. The van der Waals surface area contributed by atoms with E-state index in [0.717, 1.165) is 23.7 Å². The Kier molecular flexibility index (Phi) is 4.32. The molecule has 25 heavy (non-hydrogen) atoms. The normalized spacial score (nSPS) is 49.7. The van der Waals surface area contributed by atoms with Crippen LogP contribution < -0.4 is 0 Å². The molecule has 0 heterocycles. The van der Waals surface area contributed by atoms with Crippen molar-refractivity contribution in [3.8, 4) is 0 Å². The van der Waals surface area contributed by atoms with E-state index in [4.69, 9.17) is 4.74 Å². The van der Waals surface area contributed by atoms with E-state index in [1.54, 1.807) is 6.92 Å². The zero-order chi connectivity index (χ0) is 17.8. The lowest BCUT2D eigenvalue weighted by atomic mass is 9.45. The van der Waals surface area contributed by atoms with Crippen LogP contribution in [-0.4, -0.2) is 12.1 Å². The van der Waals surface area contributed by atoms with Crippen LogP contribution in [-0.2, 0) is 9.53 Å². The van der Waals surface area contributed by atoms with Gasteiger partial charge in [0.05, 0.1) is 0 Å². The fourth-order valence-corrected chi connectivity index (χ4v) is 7.99. The predicted molar refractivity (Wildman–Crippen MR) is 101 cm³/mol. The summed E-state index contributed by atoms with van der Waals surface area (Å²) in [6.45, 7) is 8.83. The third kappa shape index (κ3) is 2.61. The highest BCUT2D eigenvalue weighted by Crippen LogP contribution is 2.67. The summed E-state index contributed by atoms with van der Waals surface area (Å²) in [5, 5.41) is 0. The van der Waals surface area contributed by atoms with Crippen LogP contribution in [0.2, 0.25) is 0 Å². The lowest BCUT2D eigenvalue weighted by Gasteiger charge is -2.60. The molecule has 0 bridgehead atoms. The number of ether oxygens (including phenoxy) is 1. The molecule has 4 aliphatic rings. The van der Waals surface area contributed by atoms with Crippen molar-refractivity contribution in [3.63, 3.8) is 0 Å². The zero-order valence-corrected chi connectivity index (χ0v) is 16.6. The second kappa shape index (κ2) is 6.13. The van der Waals surface area contributed by atoms with Crippen molar-refractivity contribution in [2.45, 2.75) is 85.2 Å². The van der Waals surface area contributed by atoms with Gasteiger partial charge >= 0.3 is 5.97 Å². The molecule has 3 fully saturated rings. The molecule has 3 saturated carbocycles. The number of hydrogen-bond acceptors (Lipinski definition) is 2. The van der Waals surface area contributed by atoms with Crippen molar-refractivity contribution >= 4 is 5.97 Å². The minimum atomic E-state index is -0.116. The second-order valence-electron chi connectivity index (χ2n) is 10.1. The summed E-state index contributed by atoms with van der Waals surface area (Å²) in [4.78, 5) is 11.5. The molecule has 0 amide bonds. The molecule has 0 aromatic carbocycles. The van der Waals surface area contributed by atoms with Crippen LogP contribution >= 0.6 is 0 Å². The number of rotatable bonds is 2. The van der Waals surface area contributed by atoms with E-state index in [9.17, 15) is 4.79 Å². The van der Waals surface area contributed by atoms with Crippen LogP contribution in [0.3, 0.4) is 0 Å². The van der Waals surface area contributed by atoms with Crippen LogP contribution in [0.1, 0.15) is 79.1 Å². The van der Waals surface area contributed by atoms with E-state index in [1.807, 2.05) is 0 Å². The topological polar surface area (TPSA) is 26.3 Å². The Morgan fingerprint density at radius 2 is 1.80 bits per heavy atom. The minimum absolute atomic E-state index is 0.0774. The Morgan fingerprint density at radius 1 is 1.04 bits per heavy atom. The molecule has 0 N–H and O–H groups in total. The standard InChI is InChI=1S/C23H36O2/c1-15(25-16(2)24)19-10-11-20-18-9-8-17-7-5-6-13-22(17,3)21(18)12-14-23(19,20)4/h5-6,15,17-21H,7-14H2,1-4H3/t15?,17-,18+,19-,20+,21+,22+,23-/m1/s1. The first-order valence-electron chi connectivity index (χ1n) is 10.7. The lowest BCUT2D eigenvalue weighted by Crippen LogP contribution is -2.53. The van der Waals surface area contributed by atoms with Crippen LogP contribution in [0.25, 0.3) is 0 Å². The van der Waals surface area contributed by atoms with E-state index < -0.39 is 0 Å². The van der Waals surface area contributed by atoms with Crippen molar-refractivity contribution < 1.29 is 9.53 Å². The molecular weight excluding hydrogens is 308 g/mol. The molecule has 8 atom stereocenters. The van der Waals surface area contributed by atoms with Gasteiger partial charge in [0, 0.05) is 12.8 Å². The molecule has 0 spiro atoms. The smallest absolute Gasteiger partial charge is 0.302 e. The number of allylic oxidation sites excluding steroid dienone is 2. The molecule has 0 aromatic rings. The summed E-state index contributed by atoms with van der Waals surface area (Å²) in [7, 11) is 0. The summed E-state index contributed by atoms with van der Waals surface area (Å²) >= 11 is 0. The lowest BCUT2D eigenvalue weighted by molar-refractivity contribution is -0.153. The van der Waals surface area contributed by atoms with E-state index >= 15 is 0 Å². The molecular formula is C23H36O2. The van der Waals surface area contributed by atoms with Gasteiger partial charge in [-0.3, -0.25) is 4.79 Å². The molecule has 1 unspecified atom stereocenters. The molecule has 0 aliphatic heterocycles.